The lowest BCUT2D eigenvalue weighted by Gasteiger charge is -2.01. The molecule has 2 rings (SSSR count). The molecule has 98 valence electrons. The van der Waals surface area contributed by atoms with Gasteiger partial charge in [-0.15, -0.1) is 0 Å². The number of benzene rings is 1. The Bertz CT molecular complexity index is 602. The lowest BCUT2D eigenvalue weighted by Crippen LogP contribution is -2.07. The van der Waals surface area contributed by atoms with Gasteiger partial charge in [-0.1, -0.05) is 24.6 Å². The Balaban J connectivity index is 1.97. The second-order valence-electron chi connectivity index (χ2n) is 3.99. The monoisotopic (exact) mass is 275 g/mol. The Morgan fingerprint density at radius 1 is 1.37 bits per heavy atom. The average molecular weight is 276 g/mol. The molecule has 0 aliphatic rings. The number of nitrogens with one attached hydrogen (secondary N) is 1. The Labute approximate surface area is 116 Å². The normalized spacial score (nSPS) is 10.8. The summed E-state index contributed by atoms with van der Waals surface area (Å²) >= 11 is 5.84. The van der Waals surface area contributed by atoms with Gasteiger partial charge in [0.15, 0.2) is 0 Å². The standard InChI is InChI=1S/C15H14ClNO2/c1-2-13-6-7-14(19-13)8-9-15(18)17-12-5-3-4-11(16)10-12/h3-10H,2H2,1H3,(H,17,18)/b9-8+. The summed E-state index contributed by atoms with van der Waals surface area (Å²) in [5.74, 6) is 1.34. The summed E-state index contributed by atoms with van der Waals surface area (Å²) in [4.78, 5) is 11.7. The molecule has 0 aliphatic heterocycles. The van der Waals surface area contributed by atoms with E-state index in [9.17, 15) is 4.79 Å². The van der Waals surface area contributed by atoms with E-state index in [1.807, 2.05) is 19.1 Å². The van der Waals surface area contributed by atoms with Crippen molar-refractivity contribution in [1.82, 2.24) is 0 Å². The molecule has 1 N–H and O–H groups in total. The van der Waals surface area contributed by atoms with E-state index in [1.165, 1.54) is 6.08 Å². The first-order valence-electron chi connectivity index (χ1n) is 6.00. The van der Waals surface area contributed by atoms with Crippen LogP contribution in [0.3, 0.4) is 0 Å². The fourth-order valence-electron chi connectivity index (χ4n) is 1.58. The predicted octanol–water partition coefficient (Wildman–Crippen LogP) is 4.15. The maximum Gasteiger partial charge on any atom is 0.248 e. The molecular weight excluding hydrogens is 262 g/mol. The molecule has 0 spiro atoms. The molecule has 4 heteroatoms. The van der Waals surface area contributed by atoms with Gasteiger partial charge in [-0.3, -0.25) is 4.79 Å². The Hall–Kier alpha value is -2.00. The van der Waals surface area contributed by atoms with Crippen LogP contribution < -0.4 is 5.32 Å². The van der Waals surface area contributed by atoms with Gasteiger partial charge in [-0.25, -0.2) is 0 Å². The highest BCUT2D eigenvalue weighted by molar-refractivity contribution is 6.30. The van der Waals surface area contributed by atoms with Crippen LogP contribution in [0.4, 0.5) is 5.69 Å². The van der Waals surface area contributed by atoms with Crippen LogP contribution >= 0.6 is 11.6 Å². The smallest absolute Gasteiger partial charge is 0.248 e. The van der Waals surface area contributed by atoms with E-state index in [0.29, 0.717) is 16.5 Å². The summed E-state index contributed by atoms with van der Waals surface area (Å²) in [5.41, 5.74) is 0.663. The third-order valence-electron chi connectivity index (χ3n) is 2.52. The van der Waals surface area contributed by atoms with Crippen LogP contribution in [-0.2, 0) is 11.2 Å². The number of hydrogen-bond donors (Lipinski definition) is 1. The third-order valence-corrected chi connectivity index (χ3v) is 2.76. The molecule has 19 heavy (non-hydrogen) atoms. The topological polar surface area (TPSA) is 42.2 Å². The minimum absolute atomic E-state index is 0.225. The Morgan fingerprint density at radius 3 is 2.89 bits per heavy atom. The van der Waals surface area contributed by atoms with Crippen LogP contribution in [0, 0.1) is 0 Å². The molecule has 2 aromatic rings. The summed E-state index contributed by atoms with van der Waals surface area (Å²) in [6.07, 6.45) is 3.90. The Kier molecular flexibility index (Phi) is 4.42. The number of carbonyl (C=O) groups excluding carboxylic acids is 1. The van der Waals surface area contributed by atoms with Gasteiger partial charge in [0.25, 0.3) is 0 Å². The van der Waals surface area contributed by atoms with Crippen LogP contribution in [0.2, 0.25) is 5.02 Å². The van der Waals surface area contributed by atoms with Gasteiger partial charge in [0, 0.05) is 23.2 Å². The first-order valence-corrected chi connectivity index (χ1v) is 6.38. The van der Waals surface area contributed by atoms with E-state index in [0.717, 1.165) is 12.2 Å². The second kappa shape index (κ2) is 6.25. The minimum Gasteiger partial charge on any atom is -0.462 e. The minimum atomic E-state index is -0.225. The van der Waals surface area contributed by atoms with Crippen molar-refractivity contribution in [3.63, 3.8) is 0 Å². The molecule has 0 saturated heterocycles. The van der Waals surface area contributed by atoms with E-state index < -0.39 is 0 Å². The average Bonchev–Trinajstić information content (AvgIpc) is 2.84. The van der Waals surface area contributed by atoms with Crippen molar-refractivity contribution in [1.29, 1.82) is 0 Å². The molecule has 0 saturated carbocycles. The molecule has 1 aromatic carbocycles. The van der Waals surface area contributed by atoms with Gasteiger partial charge in [-0.2, -0.15) is 0 Å². The van der Waals surface area contributed by atoms with Crippen molar-refractivity contribution >= 4 is 29.3 Å². The summed E-state index contributed by atoms with van der Waals surface area (Å²) in [5, 5.41) is 3.31. The molecule has 1 amide bonds. The van der Waals surface area contributed by atoms with Gasteiger partial charge in [0.2, 0.25) is 5.91 Å². The molecule has 0 radical (unpaired) electrons. The molecular formula is C15H14ClNO2. The zero-order chi connectivity index (χ0) is 13.7. The van der Waals surface area contributed by atoms with Crippen LogP contribution in [0.5, 0.6) is 0 Å². The highest BCUT2D eigenvalue weighted by atomic mass is 35.5. The zero-order valence-electron chi connectivity index (χ0n) is 10.5. The molecule has 0 unspecified atom stereocenters. The van der Waals surface area contributed by atoms with Gasteiger partial charge in [-0.05, 0) is 36.4 Å². The molecule has 0 atom stereocenters. The first kappa shape index (κ1) is 13.4. The molecule has 0 bridgehead atoms. The van der Waals surface area contributed by atoms with E-state index in [1.54, 1.807) is 30.3 Å². The number of carbonyl (C=O) groups is 1. The summed E-state index contributed by atoms with van der Waals surface area (Å²) < 4.78 is 5.46. The number of hydrogen-bond acceptors (Lipinski definition) is 2. The largest absolute Gasteiger partial charge is 0.462 e. The lowest BCUT2D eigenvalue weighted by atomic mass is 10.3. The van der Waals surface area contributed by atoms with Crippen molar-refractivity contribution < 1.29 is 9.21 Å². The van der Waals surface area contributed by atoms with Gasteiger partial charge >= 0.3 is 0 Å². The second-order valence-corrected chi connectivity index (χ2v) is 4.43. The summed E-state index contributed by atoms with van der Waals surface area (Å²) in [6.45, 7) is 2.01. The number of anilines is 1. The Morgan fingerprint density at radius 2 is 2.21 bits per heavy atom. The molecule has 0 fully saturated rings. The maximum atomic E-state index is 11.7. The third kappa shape index (κ3) is 4.00. The first-order chi connectivity index (χ1) is 9.17. The molecule has 0 aliphatic carbocycles. The van der Waals surface area contributed by atoms with E-state index >= 15 is 0 Å². The number of aryl methyl sites for hydroxylation is 1. The van der Waals surface area contributed by atoms with E-state index in [2.05, 4.69) is 5.32 Å². The van der Waals surface area contributed by atoms with Crippen molar-refractivity contribution in [2.24, 2.45) is 0 Å². The lowest BCUT2D eigenvalue weighted by molar-refractivity contribution is -0.111. The number of rotatable bonds is 4. The summed E-state index contributed by atoms with van der Waals surface area (Å²) in [7, 11) is 0. The SMILES string of the molecule is CCc1ccc(/C=C/C(=O)Nc2cccc(Cl)c2)o1. The van der Waals surface area contributed by atoms with Gasteiger partial charge in [0.05, 0.1) is 0 Å². The summed E-state index contributed by atoms with van der Waals surface area (Å²) in [6, 6.07) is 10.7. The number of furan rings is 1. The van der Waals surface area contributed by atoms with E-state index in [-0.39, 0.29) is 5.91 Å². The predicted molar refractivity (Wildman–Crippen MR) is 77.2 cm³/mol. The maximum absolute atomic E-state index is 11.7. The molecule has 3 nitrogen and oxygen atoms in total. The van der Waals surface area contributed by atoms with Crippen molar-refractivity contribution in [2.75, 3.05) is 5.32 Å². The van der Waals surface area contributed by atoms with Crippen LogP contribution in [-0.4, -0.2) is 5.91 Å². The fourth-order valence-corrected chi connectivity index (χ4v) is 1.77. The molecule has 1 heterocycles. The van der Waals surface area contributed by atoms with Gasteiger partial charge < -0.3 is 9.73 Å². The fraction of sp³-hybridized carbons (Fsp3) is 0.133. The highest BCUT2D eigenvalue weighted by Gasteiger charge is 2.00. The zero-order valence-corrected chi connectivity index (χ0v) is 11.3. The van der Waals surface area contributed by atoms with Crippen LogP contribution in [0.15, 0.2) is 46.9 Å². The number of halogens is 1. The highest BCUT2D eigenvalue weighted by Crippen LogP contribution is 2.15. The molecule has 1 aromatic heterocycles. The van der Waals surface area contributed by atoms with Crippen LogP contribution in [0.25, 0.3) is 6.08 Å². The number of amides is 1. The van der Waals surface area contributed by atoms with Crippen LogP contribution in [0.1, 0.15) is 18.4 Å². The van der Waals surface area contributed by atoms with Crippen molar-refractivity contribution in [3.05, 3.63) is 59.0 Å². The van der Waals surface area contributed by atoms with Crippen molar-refractivity contribution in [2.45, 2.75) is 13.3 Å². The quantitative estimate of drug-likeness (QED) is 0.852. The van der Waals surface area contributed by atoms with Crippen molar-refractivity contribution in [3.8, 4) is 0 Å². The van der Waals surface area contributed by atoms with Gasteiger partial charge in [0.1, 0.15) is 11.5 Å². The van der Waals surface area contributed by atoms with E-state index in [4.69, 9.17) is 16.0 Å².